The average molecular weight is 355 g/mol. The first-order chi connectivity index (χ1) is 12.0. The number of aliphatic carboxylic acids is 1. The van der Waals surface area contributed by atoms with Crippen LogP contribution in [-0.4, -0.2) is 43.2 Å². The lowest BCUT2D eigenvalue weighted by molar-refractivity contribution is -0.145. The molecule has 0 radical (unpaired) electrons. The summed E-state index contributed by atoms with van der Waals surface area (Å²) in [5.41, 5.74) is 0.190. The molecule has 2 fully saturated rings. The summed E-state index contributed by atoms with van der Waals surface area (Å²) in [4.78, 5) is 12.7. The Hall–Kier alpha value is -1.89. The van der Waals surface area contributed by atoms with Crippen LogP contribution in [0, 0.1) is 11.7 Å². The molecule has 2 heterocycles. The Labute approximate surface area is 145 Å². The average Bonchev–Trinajstić information content (AvgIpc) is 2.60. The topological polar surface area (TPSA) is 59.0 Å². The van der Waals surface area contributed by atoms with Crippen LogP contribution in [0.3, 0.4) is 0 Å². The molecular formula is C18H23F2NO4. The summed E-state index contributed by atoms with van der Waals surface area (Å²) in [6.45, 7) is 0.805. The summed E-state index contributed by atoms with van der Waals surface area (Å²) < 4.78 is 37.3. The third kappa shape index (κ3) is 4.21. The number of hydrogen-bond donors (Lipinski definition) is 1. The van der Waals surface area contributed by atoms with Gasteiger partial charge in [-0.2, -0.15) is 0 Å². The van der Waals surface area contributed by atoms with Gasteiger partial charge in [0.2, 0.25) is 6.86 Å². The Balaban J connectivity index is 1.59. The summed E-state index contributed by atoms with van der Waals surface area (Å²) in [5, 5.41) is 8.88. The van der Waals surface area contributed by atoms with Crippen LogP contribution >= 0.6 is 0 Å². The first-order valence-corrected chi connectivity index (χ1v) is 8.60. The molecule has 25 heavy (non-hydrogen) atoms. The third-order valence-corrected chi connectivity index (χ3v) is 5.25. The van der Waals surface area contributed by atoms with Gasteiger partial charge in [-0.1, -0.05) is 0 Å². The largest absolute Gasteiger partial charge is 0.481 e. The van der Waals surface area contributed by atoms with Gasteiger partial charge in [0.1, 0.15) is 11.6 Å². The Bertz CT molecular complexity index is 607. The second-order valence-electron chi connectivity index (χ2n) is 6.85. The predicted octanol–water partition coefficient (Wildman–Crippen LogP) is 3.37. The number of halogens is 2. The number of anilines is 1. The van der Waals surface area contributed by atoms with Crippen molar-refractivity contribution in [2.75, 3.05) is 31.5 Å². The number of carboxylic acid groups (broad SMARTS) is 1. The molecule has 5 nitrogen and oxygen atoms in total. The number of ether oxygens (including phenoxy) is 2. The maximum Gasteiger partial charge on any atom is 0.303 e. The Morgan fingerprint density at radius 3 is 2.72 bits per heavy atom. The molecule has 1 aromatic rings. The number of carbonyl (C=O) groups is 1. The normalized spacial score (nSPS) is 22.8. The van der Waals surface area contributed by atoms with E-state index in [1.807, 2.05) is 4.90 Å². The highest BCUT2D eigenvalue weighted by Crippen LogP contribution is 2.39. The maximum absolute atomic E-state index is 14.1. The minimum absolute atomic E-state index is 0.0770. The molecule has 3 rings (SSSR count). The molecule has 0 amide bonds. The van der Waals surface area contributed by atoms with Gasteiger partial charge in [0, 0.05) is 19.2 Å². The van der Waals surface area contributed by atoms with Crippen molar-refractivity contribution in [3.05, 3.63) is 24.0 Å². The molecule has 1 spiro atoms. The van der Waals surface area contributed by atoms with Crippen molar-refractivity contribution in [2.24, 2.45) is 5.92 Å². The minimum Gasteiger partial charge on any atom is -0.481 e. The highest BCUT2D eigenvalue weighted by atomic mass is 19.1. The second kappa shape index (κ2) is 7.56. The van der Waals surface area contributed by atoms with Crippen LogP contribution in [0.25, 0.3) is 0 Å². The molecule has 138 valence electrons. The fourth-order valence-corrected chi connectivity index (χ4v) is 3.76. The number of hydrogen-bond acceptors (Lipinski definition) is 4. The van der Waals surface area contributed by atoms with E-state index in [0.717, 1.165) is 25.7 Å². The fraction of sp³-hybridized carbons (Fsp3) is 0.611. The molecule has 0 aromatic heterocycles. The second-order valence-corrected chi connectivity index (χ2v) is 6.85. The van der Waals surface area contributed by atoms with Crippen molar-refractivity contribution in [3.63, 3.8) is 0 Å². The third-order valence-electron chi connectivity index (χ3n) is 5.25. The zero-order valence-corrected chi connectivity index (χ0v) is 14.0. The zero-order valence-electron chi connectivity index (χ0n) is 14.0. The van der Waals surface area contributed by atoms with E-state index in [1.54, 1.807) is 0 Å². The van der Waals surface area contributed by atoms with E-state index in [9.17, 15) is 13.6 Å². The van der Waals surface area contributed by atoms with E-state index < -0.39 is 12.8 Å². The number of piperidine rings is 1. The Morgan fingerprint density at radius 1 is 1.36 bits per heavy atom. The van der Waals surface area contributed by atoms with E-state index in [0.29, 0.717) is 31.1 Å². The number of carboxylic acids is 1. The van der Waals surface area contributed by atoms with E-state index in [4.69, 9.17) is 14.6 Å². The van der Waals surface area contributed by atoms with Gasteiger partial charge in [-0.25, -0.2) is 8.78 Å². The van der Waals surface area contributed by atoms with Gasteiger partial charge in [-0.05, 0) is 43.7 Å². The first-order valence-electron chi connectivity index (χ1n) is 8.60. The van der Waals surface area contributed by atoms with Crippen LogP contribution in [-0.2, 0) is 9.53 Å². The van der Waals surface area contributed by atoms with Crippen LogP contribution in [0.15, 0.2) is 18.2 Å². The highest BCUT2D eigenvalue weighted by Gasteiger charge is 2.40. The smallest absolute Gasteiger partial charge is 0.303 e. The molecular weight excluding hydrogens is 332 g/mol. The predicted molar refractivity (Wildman–Crippen MR) is 88.1 cm³/mol. The van der Waals surface area contributed by atoms with E-state index in [2.05, 4.69) is 0 Å². The molecule has 7 heteroatoms. The molecule has 0 aliphatic carbocycles. The lowest BCUT2D eigenvalue weighted by Gasteiger charge is -2.46. The summed E-state index contributed by atoms with van der Waals surface area (Å²) in [5.74, 6) is -0.754. The van der Waals surface area contributed by atoms with Crippen LogP contribution in [0.5, 0.6) is 5.75 Å². The van der Waals surface area contributed by atoms with E-state index in [-0.39, 0.29) is 23.8 Å². The van der Waals surface area contributed by atoms with Gasteiger partial charge in [0.05, 0.1) is 24.3 Å². The lowest BCUT2D eigenvalue weighted by Crippen LogP contribution is -2.49. The van der Waals surface area contributed by atoms with Gasteiger partial charge in [0.25, 0.3) is 0 Å². The fourth-order valence-electron chi connectivity index (χ4n) is 3.76. The number of alkyl halides is 1. The first kappa shape index (κ1) is 17.9. The quantitative estimate of drug-likeness (QED) is 0.878. The van der Waals surface area contributed by atoms with Gasteiger partial charge in [-0.3, -0.25) is 4.79 Å². The molecule has 1 unspecified atom stereocenters. The van der Waals surface area contributed by atoms with Gasteiger partial charge in [-0.15, -0.1) is 0 Å². The zero-order chi connectivity index (χ0) is 17.9. The molecule has 1 N–H and O–H groups in total. The van der Waals surface area contributed by atoms with Crippen LogP contribution in [0.4, 0.5) is 14.5 Å². The van der Waals surface area contributed by atoms with Crippen molar-refractivity contribution in [3.8, 4) is 5.75 Å². The molecule has 2 aliphatic rings. The van der Waals surface area contributed by atoms with E-state index in [1.165, 1.54) is 18.2 Å². The van der Waals surface area contributed by atoms with Crippen molar-refractivity contribution in [2.45, 2.75) is 37.7 Å². The summed E-state index contributed by atoms with van der Waals surface area (Å²) in [6, 6.07) is 4.23. The molecule has 1 atom stereocenters. The Morgan fingerprint density at radius 2 is 2.12 bits per heavy atom. The number of nitrogens with zero attached hydrogens (tertiary/aromatic N) is 1. The van der Waals surface area contributed by atoms with Crippen molar-refractivity contribution >= 4 is 11.7 Å². The molecule has 0 bridgehead atoms. The standard InChI is InChI=1S/C18H23F2NO4/c19-12-24-14-1-2-15(20)16(10-14)21-7-5-18(6-8-21)4-3-13(11-25-18)9-17(22)23/h1-2,10,13H,3-9,11-12H2,(H,22,23). The highest BCUT2D eigenvalue weighted by molar-refractivity contribution is 5.67. The van der Waals surface area contributed by atoms with Crippen LogP contribution < -0.4 is 9.64 Å². The summed E-state index contributed by atoms with van der Waals surface area (Å²) in [6.07, 6.45) is 3.36. The lowest BCUT2D eigenvalue weighted by atomic mass is 9.81. The van der Waals surface area contributed by atoms with Crippen molar-refractivity contribution < 1.29 is 28.2 Å². The van der Waals surface area contributed by atoms with Crippen LogP contribution in [0.2, 0.25) is 0 Å². The molecule has 2 aliphatic heterocycles. The summed E-state index contributed by atoms with van der Waals surface area (Å²) in [7, 11) is 0. The van der Waals surface area contributed by atoms with Gasteiger partial charge >= 0.3 is 5.97 Å². The summed E-state index contributed by atoms with van der Waals surface area (Å²) >= 11 is 0. The maximum atomic E-state index is 14.1. The van der Waals surface area contributed by atoms with E-state index >= 15 is 0 Å². The Kier molecular flexibility index (Phi) is 5.42. The SMILES string of the molecule is O=C(O)CC1CCC2(CCN(c3cc(OCF)ccc3F)CC2)OC1. The van der Waals surface area contributed by atoms with Crippen molar-refractivity contribution in [1.29, 1.82) is 0 Å². The van der Waals surface area contributed by atoms with Crippen LogP contribution in [0.1, 0.15) is 32.1 Å². The number of rotatable bonds is 5. The van der Waals surface area contributed by atoms with Crippen molar-refractivity contribution in [1.82, 2.24) is 0 Å². The monoisotopic (exact) mass is 355 g/mol. The van der Waals surface area contributed by atoms with Gasteiger partial charge in [0.15, 0.2) is 0 Å². The minimum atomic E-state index is -0.945. The van der Waals surface area contributed by atoms with Gasteiger partial charge < -0.3 is 19.5 Å². The molecule has 1 aromatic carbocycles. The number of benzene rings is 1. The molecule has 0 saturated carbocycles. The molecule has 2 saturated heterocycles.